The van der Waals surface area contributed by atoms with Gasteiger partial charge in [0.15, 0.2) is 0 Å². The summed E-state index contributed by atoms with van der Waals surface area (Å²) in [5.41, 5.74) is 7.63. The number of alkyl carbamates (subject to hydrolysis) is 1. The van der Waals surface area contributed by atoms with Crippen molar-refractivity contribution in [3.8, 4) is 0 Å². The summed E-state index contributed by atoms with van der Waals surface area (Å²) in [7, 11) is 0. The number of hydrogen-bond donors (Lipinski definition) is 4. The lowest BCUT2D eigenvalue weighted by molar-refractivity contribution is -0.132. The summed E-state index contributed by atoms with van der Waals surface area (Å²) in [6, 6.07) is 22.7. The highest BCUT2D eigenvalue weighted by atomic mass is 35.5. The summed E-state index contributed by atoms with van der Waals surface area (Å²) >= 11 is 5.91. The third-order valence-corrected chi connectivity index (χ3v) is 6.59. The number of carbonyl (C=O) groups is 3. The van der Waals surface area contributed by atoms with Crippen molar-refractivity contribution in [2.45, 2.75) is 38.0 Å². The van der Waals surface area contributed by atoms with Gasteiger partial charge in [0.25, 0.3) is 0 Å². The Hall–Kier alpha value is -4.30. The molecule has 0 fully saturated rings. The van der Waals surface area contributed by atoms with Crippen LogP contribution in [0.1, 0.15) is 23.6 Å². The molecule has 0 radical (unpaired) electrons. The maximum absolute atomic E-state index is 13.5. The van der Waals surface area contributed by atoms with Crippen LogP contribution in [0.4, 0.5) is 4.79 Å². The van der Waals surface area contributed by atoms with Gasteiger partial charge in [0.05, 0.1) is 0 Å². The molecule has 2 atom stereocenters. The predicted octanol–water partition coefficient (Wildman–Crippen LogP) is 4.26. The van der Waals surface area contributed by atoms with E-state index in [-0.39, 0.29) is 19.4 Å². The Morgan fingerprint density at radius 2 is 1.66 bits per heavy atom. The Kier molecular flexibility index (Phi) is 8.33. The summed E-state index contributed by atoms with van der Waals surface area (Å²) in [6.07, 6.45) is 1.37. The molecule has 3 aromatic carbocycles. The van der Waals surface area contributed by atoms with Gasteiger partial charge in [-0.25, -0.2) is 4.79 Å². The zero-order chi connectivity index (χ0) is 27.1. The molecule has 0 aliphatic rings. The van der Waals surface area contributed by atoms with Crippen molar-refractivity contribution in [3.05, 3.63) is 107 Å². The van der Waals surface area contributed by atoms with Crippen LogP contribution in [0.5, 0.6) is 0 Å². The summed E-state index contributed by atoms with van der Waals surface area (Å²) in [5.74, 6) is -1.25. The molecular weight excluding hydrogens is 504 g/mol. The van der Waals surface area contributed by atoms with Gasteiger partial charge in [0.2, 0.25) is 11.8 Å². The molecule has 0 saturated heterocycles. The van der Waals surface area contributed by atoms with Crippen LogP contribution in [0.25, 0.3) is 10.9 Å². The zero-order valence-corrected chi connectivity index (χ0v) is 21.6. The fourth-order valence-electron chi connectivity index (χ4n) is 4.20. The second kappa shape index (κ2) is 11.8. The number of ether oxygens (including phenoxy) is 1. The van der Waals surface area contributed by atoms with E-state index in [1.807, 2.05) is 54.6 Å². The van der Waals surface area contributed by atoms with Crippen LogP contribution in [0, 0.1) is 0 Å². The van der Waals surface area contributed by atoms with Crippen LogP contribution in [0.2, 0.25) is 5.02 Å². The highest BCUT2D eigenvalue weighted by Crippen LogP contribution is 2.20. The monoisotopic (exact) mass is 532 g/mol. The normalized spacial score (nSPS) is 13.3. The first-order valence-electron chi connectivity index (χ1n) is 12.1. The first-order valence-corrected chi connectivity index (χ1v) is 12.5. The number of amides is 3. The lowest BCUT2D eigenvalue weighted by Crippen LogP contribution is -2.61. The molecule has 196 valence electrons. The number of rotatable bonds is 10. The third-order valence-electron chi connectivity index (χ3n) is 6.33. The fourth-order valence-corrected chi connectivity index (χ4v) is 4.33. The Bertz CT molecular complexity index is 1420. The number of nitrogens with one attached hydrogen (secondary N) is 3. The SMILES string of the molecule is CC(Cc1ccccc1)(NC(=O)C(Cc1c[nH]c2ccccc12)NC(=O)OCc1ccc(Cl)cc1)C(N)=O. The molecule has 0 aliphatic carbocycles. The number of hydrogen-bond acceptors (Lipinski definition) is 4. The van der Waals surface area contributed by atoms with Crippen LogP contribution in [-0.4, -0.2) is 34.5 Å². The number of carbonyl (C=O) groups excluding carboxylic acids is 3. The Morgan fingerprint density at radius 1 is 0.974 bits per heavy atom. The smallest absolute Gasteiger partial charge is 0.408 e. The van der Waals surface area contributed by atoms with E-state index < -0.39 is 29.5 Å². The molecule has 4 aromatic rings. The lowest BCUT2D eigenvalue weighted by atomic mass is 9.91. The van der Waals surface area contributed by atoms with Gasteiger partial charge in [-0.05, 0) is 41.8 Å². The number of para-hydroxylation sites is 1. The van der Waals surface area contributed by atoms with Crippen molar-refractivity contribution in [2.75, 3.05) is 0 Å². The minimum Gasteiger partial charge on any atom is -0.445 e. The lowest BCUT2D eigenvalue weighted by Gasteiger charge is -2.30. The maximum Gasteiger partial charge on any atom is 0.408 e. The molecule has 5 N–H and O–H groups in total. The molecule has 4 rings (SSSR count). The average molecular weight is 533 g/mol. The molecule has 0 spiro atoms. The first kappa shape index (κ1) is 26.8. The first-order chi connectivity index (χ1) is 18.2. The van der Waals surface area contributed by atoms with E-state index in [9.17, 15) is 14.4 Å². The van der Waals surface area contributed by atoms with Crippen molar-refractivity contribution >= 4 is 40.4 Å². The Morgan fingerprint density at radius 3 is 2.37 bits per heavy atom. The van der Waals surface area contributed by atoms with Crippen LogP contribution in [0.15, 0.2) is 85.1 Å². The molecular formula is C29H29ClN4O4. The van der Waals surface area contributed by atoms with E-state index in [1.165, 1.54) is 0 Å². The Labute approximate surface area is 225 Å². The van der Waals surface area contributed by atoms with Crippen molar-refractivity contribution in [3.63, 3.8) is 0 Å². The summed E-state index contributed by atoms with van der Waals surface area (Å²) in [6.45, 7) is 1.57. The van der Waals surface area contributed by atoms with E-state index in [4.69, 9.17) is 22.1 Å². The number of H-pyrrole nitrogens is 1. The van der Waals surface area contributed by atoms with Gasteiger partial charge >= 0.3 is 6.09 Å². The van der Waals surface area contributed by atoms with Crippen molar-refractivity contribution in [1.29, 1.82) is 0 Å². The van der Waals surface area contributed by atoms with Crippen LogP contribution >= 0.6 is 11.6 Å². The van der Waals surface area contributed by atoms with Gasteiger partial charge in [-0.1, -0.05) is 72.3 Å². The quantitative estimate of drug-likeness (QED) is 0.243. The van der Waals surface area contributed by atoms with E-state index >= 15 is 0 Å². The summed E-state index contributed by atoms with van der Waals surface area (Å²) in [5, 5.41) is 6.93. The van der Waals surface area contributed by atoms with E-state index in [2.05, 4.69) is 15.6 Å². The number of fused-ring (bicyclic) bond motifs is 1. The average Bonchev–Trinajstić information content (AvgIpc) is 3.31. The van der Waals surface area contributed by atoms with E-state index in [0.29, 0.717) is 5.02 Å². The number of aromatic amines is 1. The second-order valence-corrected chi connectivity index (χ2v) is 9.75. The zero-order valence-electron chi connectivity index (χ0n) is 20.9. The standard InChI is InChI=1S/C29H29ClN4O4/c1-29(27(31)36,16-19-7-3-2-4-8-19)34-26(35)25(15-21-17-32-24-10-6-5-9-23(21)24)33-28(37)38-18-20-11-13-22(30)14-12-20/h2-14,17,25,32H,15-16,18H2,1H3,(H2,31,36)(H,33,37)(H,34,35). The van der Waals surface area contributed by atoms with E-state index in [0.717, 1.165) is 27.6 Å². The molecule has 0 aliphatic heterocycles. The highest BCUT2D eigenvalue weighted by molar-refractivity contribution is 6.30. The van der Waals surface area contributed by atoms with Gasteiger partial charge in [-0.15, -0.1) is 0 Å². The molecule has 1 heterocycles. The van der Waals surface area contributed by atoms with Crippen LogP contribution < -0.4 is 16.4 Å². The number of aromatic nitrogens is 1. The molecule has 3 amide bonds. The van der Waals surface area contributed by atoms with Crippen molar-refractivity contribution < 1.29 is 19.1 Å². The van der Waals surface area contributed by atoms with Crippen molar-refractivity contribution in [2.24, 2.45) is 5.73 Å². The minimum atomic E-state index is -1.38. The second-order valence-electron chi connectivity index (χ2n) is 9.31. The van der Waals surface area contributed by atoms with E-state index in [1.54, 1.807) is 37.4 Å². The number of benzene rings is 3. The number of primary amides is 1. The third kappa shape index (κ3) is 6.72. The summed E-state index contributed by atoms with van der Waals surface area (Å²) in [4.78, 5) is 41.9. The van der Waals surface area contributed by atoms with Crippen LogP contribution in [0.3, 0.4) is 0 Å². The molecule has 0 bridgehead atoms. The molecule has 9 heteroatoms. The fraction of sp³-hybridized carbons (Fsp3) is 0.207. The van der Waals surface area contributed by atoms with Gasteiger partial charge < -0.3 is 26.1 Å². The van der Waals surface area contributed by atoms with Gasteiger partial charge in [-0.2, -0.15) is 0 Å². The van der Waals surface area contributed by atoms with Gasteiger partial charge in [0.1, 0.15) is 18.2 Å². The maximum atomic E-state index is 13.5. The van der Waals surface area contributed by atoms with Gasteiger partial charge in [0, 0.05) is 35.0 Å². The molecule has 0 saturated carbocycles. The largest absolute Gasteiger partial charge is 0.445 e. The molecule has 1 aromatic heterocycles. The highest BCUT2D eigenvalue weighted by Gasteiger charge is 2.36. The predicted molar refractivity (Wildman–Crippen MR) is 146 cm³/mol. The molecule has 38 heavy (non-hydrogen) atoms. The molecule has 8 nitrogen and oxygen atoms in total. The molecule has 2 unspecified atom stereocenters. The van der Waals surface area contributed by atoms with Crippen molar-refractivity contribution in [1.82, 2.24) is 15.6 Å². The Balaban J connectivity index is 1.53. The number of nitrogens with two attached hydrogens (primary N) is 1. The number of halogens is 1. The summed E-state index contributed by atoms with van der Waals surface area (Å²) < 4.78 is 5.36. The van der Waals surface area contributed by atoms with Gasteiger partial charge in [-0.3, -0.25) is 9.59 Å². The minimum absolute atomic E-state index is 0.00254. The van der Waals surface area contributed by atoms with Crippen LogP contribution in [-0.2, 0) is 33.8 Å². The topological polar surface area (TPSA) is 126 Å².